The molecule has 4 heterocycles. The van der Waals surface area contributed by atoms with E-state index in [1.165, 1.54) is 42.3 Å². The van der Waals surface area contributed by atoms with E-state index in [-0.39, 0.29) is 48.0 Å². The maximum atomic E-state index is 15.2. The fourth-order valence-corrected chi connectivity index (χ4v) is 5.71. The fraction of sp³-hybridized carbons (Fsp3) is 0.435. The predicted octanol–water partition coefficient (Wildman–Crippen LogP) is 3.81. The van der Waals surface area contributed by atoms with Gasteiger partial charge in [-0.05, 0) is 26.0 Å². The molecule has 37 heavy (non-hydrogen) atoms. The lowest BCUT2D eigenvalue weighted by molar-refractivity contribution is -0.160. The molecule has 1 N–H and O–H groups in total. The average molecular weight is 572 g/mol. The second-order valence-electron chi connectivity index (χ2n) is 9.84. The van der Waals surface area contributed by atoms with Crippen LogP contribution in [0, 0.1) is 5.41 Å². The summed E-state index contributed by atoms with van der Waals surface area (Å²) in [4.78, 5) is 33.1. The van der Waals surface area contributed by atoms with E-state index in [2.05, 4.69) is 15.2 Å². The Labute approximate surface area is 224 Å². The molecule has 1 atom stereocenters. The van der Waals surface area contributed by atoms with Crippen molar-refractivity contribution < 1.29 is 27.9 Å². The van der Waals surface area contributed by atoms with Crippen molar-refractivity contribution in [3.05, 3.63) is 62.2 Å². The number of benzene rings is 1. The minimum Gasteiger partial charge on any atom is -0.419 e. The lowest BCUT2D eigenvalue weighted by Gasteiger charge is -2.51. The van der Waals surface area contributed by atoms with Crippen LogP contribution in [0.15, 0.2) is 34.3 Å². The van der Waals surface area contributed by atoms with Gasteiger partial charge in [-0.2, -0.15) is 8.78 Å². The smallest absolute Gasteiger partial charge is 0.349 e. The number of aliphatic hydroxyl groups is 1. The van der Waals surface area contributed by atoms with Gasteiger partial charge in [-0.1, -0.05) is 29.3 Å². The highest BCUT2D eigenvalue weighted by atomic mass is 35.5. The van der Waals surface area contributed by atoms with E-state index < -0.39 is 40.2 Å². The van der Waals surface area contributed by atoms with E-state index in [1.807, 2.05) is 0 Å². The Kier molecular flexibility index (Phi) is 6.29. The summed E-state index contributed by atoms with van der Waals surface area (Å²) in [5.41, 5.74) is -1.21. The van der Waals surface area contributed by atoms with E-state index in [0.29, 0.717) is 4.88 Å². The molecule has 3 aromatic rings. The number of hydrogen-bond donors (Lipinski definition) is 1. The Morgan fingerprint density at radius 3 is 2.49 bits per heavy atom. The maximum absolute atomic E-state index is 15.2. The third kappa shape index (κ3) is 4.49. The van der Waals surface area contributed by atoms with Gasteiger partial charge in [0.05, 0.1) is 27.7 Å². The molecule has 9 nitrogen and oxygen atoms in total. The van der Waals surface area contributed by atoms with E-state index >= 15 is 8.78 Å². The van der Waals surface area contributed by atoms with Crippen LogP contribution in [0.5, 0.6) is 0 Å². The average Bonchev–Trinajstić information content (AvgIpc) is 3.57. The summed E-state index contributed by atoms with van der Waals surface area (Å²) >= 11 is 13.0. The van der Waals surface area contributed by atoms with Gasteiger partial charge in [-0.3, -0.25) is 14.6 Å². The third-order valence-corrected chi connectivity index (χ3v) is 8.19. The van der Waals surface area contributed by atoms with Crippen LogP contribution < -0.4 is 0 Å². The molecule has 2 fully saturated rings. The second-order valence-corrected chi connectivity index (χ2v) is 11.5. The monoisotopic (exact) mass is 571 g/mol. The van der Waals surface area contributed by atoms with Crippen LogP contribution in [0.1, 0.15) is 46.8 Å². The summed E-state index contributed by atoms with van der Waals surface area (Å²) in [6, 6.07) is 3.41. The molecule has 1 unspecified atom stereocenters. The SMILES string of the molecule is CC(C)(O)C(=O)N1CC2(CN(C(=O)c3cncs3)CC2c2nnc(C(F)(F)c3ccc(Cl)c(Cl)c3)o2)C1. The molecule has 2 aliphatic heterocycles. The number of amides is 2. The molecule has 196 valence electrons. The van der Waals surface area contributed by atoms with Gasteiger partial charge in [0.25, 0.3) is 17.7 Å². The first-order valence-corrected chi connectivity index (χ1v) is 12.8. The van der Waals surface area contributed by atoms with Crippen molar-refractivity contribution in [2.75, 3.05) is 26.2 Å². The molecule has 1 spiro atoms. The second kappa shape index (κ2) is 8.97. The van der Waals surface area contributed by atoms with E-state index in [4.69, 9.17) is 27.6 Å². The van der Waals surface area contributed by atoms with Gasteiger partial charge in [-0.25, -0.2) is 0 Å². The standard InChI is InChI=1S/C23H21Cl2F2N5O4S/c1-21(2,35)20(34)32-9-22(10-32)8-31(18(33)16-6-28-11-37-16)7-13(22)17-29-30-19(36-17)23(26,27)12-3-4-14(24)15(25)5-12/h3-6,11,13,35H,7-10H2,1-2H3. The number of likely N-dealkylation sites (tertiary alicyclic amines) is 2. The number of rotatable bonds is 5. The largest absolute Gasteiger partial charge is 0.419 e. The minimum atomic E-state index is -3.65. The van der Waals surface area contributed by atoms with Crippen LogP contribution in [-0.2, 0) is 10.7 Å². The van der Waals surface area contributed by atoms with Crippen molar-refractivity contribution in [2.45, 2.75) is 31.3 Å². The van der Waals surface area contributed by atoms with Crippen molar-refractivity contribution in [1.82, 2.24) is 25.0 Å². The summed E-state index contributed by atoms with van der Waals surface area (Å²) in [7, 11) is 0. The van der Waals surface area contributed by atoms with Crippen LogP contribution in [-0.4, -0.2) is 73.7 Å². The number of thiazole rings is 1. The quantitative estimate of drug-likeness (QED) is 0.495. The van der Waals surface area contributed by atoms with Gasteiger partial charge in [-0.15, -0.1) is 21.5 Å². The van der Waals surface area contributed by atoms with Gasteiger partial charge >= 0.3 is 5.92 Å². The number of alkyl halides is 2. The van der Waals surface area contributed by atoms with Crippen molar-refractivity contribution in [3.8, 4) is 0 Å². The molecule has 0 bridgehead atoms. The minimum absolute atomic E-state index is 0.0448. The lowest BCUT2D eigenvalue weighted by Crippen LogP contribution is -2.64. The Morgan fingerprint density at radius 1 is 1.16 bits per heavy atom. The number of aromatic nitrogens is 3. The zero-order valence-electron chi connectivity index (χ0n) is 19.6. The molecule has 1 aromatic carbocycles. The molecule has 0 saturated carbocycles. The van der Waals surface area contributed by atoms with Gasteiger partial charge in [0, 0.05) is 37.2 Å². The first-order valence-electron chi connectivity index (χ1n) is 11.2. The van der Waals surface area contributed by atoms with Crippen LogP contribution in [0.4, 0.5) is 8.78 Å². The van der Waals surface area contributed by atoms with Gasteiger partial charge in [0.1, 0.15) is 10.5 Å². The molecule has 0 radical (unpaired) electrons. The van der Waals surface area contributed by atoms with Crippen LogP contribution in [0.2, 0.25) is 10.0 Å². The fourth-order valence-electron chi connectivity index (χ4n) is 4.82. The number of hydrogen-bond acceptors (Lipinski definition) is 8. The highest BCUT2D eigenvalue weighted by molar-refractivity contribution is 7.11. The molecular formula is C23H21Cl2F2N5O4S. The number of carbonyl (C=O) groups excluding carboxylic acids is 2. The summed E-state index contributed by atoms with van der Waals surface area (Å²) in [6.07, 6.45) is 1.46. The van der Waals surface area contributed by atoms with Crippen molar-refractivity contribution >= 4 is 46.4 Å². The summed E-state index contributed by atoms with van der Waals surface area (Å²) in [5, 5.41) is 17.8. The summed E-state index contributed by atoms with van der Waals surface area (Å²) < 4.78 is 36.0. The van der Waals surface area contributed by atoms with Crippen LogP contribution in [0.25, 0.3) is 0 Å². The topological polar surface area (TPSA) is 113 Å². The Balaban J connectivity index is 1.45. The van der Waals surface area contributed by atoms with Gasteiger partial charge in [0.2, 0.25) is 5.89 Å². The van der Waals surface area contributed by atoms with Gasteiger partial charge < -0.3 is 19.3 Å². The molecule has 2 aromatic heterocycles. The zero-order chi connectivity index (χ0) is 26.8. The molecule has 14 heteroatoms. The Bertz CT molecular complexity index is 1360. The molecule has 0 aliphatic carbocycles. The van der Waals surface area contributed by atoms with Crippen LogP contribution >= 0.6 is 34.5 Å². The third-order valence-electron chi connectivity index (χ3n) is 6.69. The Hall–Kier alpha value is -2.67. The summed E-state index contributed by atoms with van der Waals surface area (Å²) in [5.74, 6) is -5.98. The molecule has 5 rings (SSSR count). The van der Waals surface area contributed by atoms with Crippen molar-refractivity contribution in [3.63, 3.8) is 0 Å². The first kappa shape index (κ1) is 26.0. The van der Waals surface area contributed by atoms with E-state index in [0.717, 1.165) is 12.1 Å². The molecule has 2 amide bonds. The predicted molar refractivity (Wildman–Crippen MR) is 130 cm³/mol. The first-order chi connectivity index (χ1) is 17.3. The number of carbonyl (C=O) groups is 2. The lowest BCUT2D eigenvalue weighted by atomic mass is 9.71. The highest BCUT2D eigenvalue weighted by Gasteiger charge is 2.60. The summed E-state index contributed by atoms with van der Waals surface area (Å²) in [6.45, 7) is 3.52. The van der Waals surface area contributed by atoms with Crippen LogP contribution in [0.3, 0.4) is 0 Å². The normalized spacial score (nSPS) is 19.4. The zero-order valence-corrected chi connectivity index (χ0v) is 21.9. The van der Waals surface area contributed by atoms with Crippen molar-refractivity contribution in [2.24, 2.45) is 5.41 Å². The number of nitrogens with zero attached hydrogens (tertiary/aromatic N) is 5. The molecule has 2 aliphatic rings. The number of halogens is 4. The maximum Gasteiger partial charge on any atom is 0.349 e. The Morgan fingerprint density at radius 2 is 1.86 bits per heavy atom. The van der Waals surface area contributed by atoms with Gasteiger partial charge in [0.15, 0.2) is 0 Å². The van der Waals surface area contributed by atoms with E-state index in [9.17, 15) is 14.7 Å². The highest BCUT2D eigenvalue weighted by Crippen LogP contribution is 2.50. The van der Waals surface area contributed by atoms with Crippen molar-refractivity contribution in [1.29, 1.82) is 0 Å². The molecule has 2 saturated heterocycles. The molecular weight excluding hydrogens is 551 g/mol. The van der Waals surface area contributed by atoms with E-state index in [1.54, 1.807) is 10.4 Å².